The standard InChI is InChI=1S/C32H36INO4/c1-6-38-26-13-20(12-21(33)30(26)37)27-28-22(14-31(2,3)16-24(28)35)34(18-19-10-8-7-9-11-19)23-15-32(4,5)17-25(36)29(23)27/h7-13,27,37H,6,14-18H2,1-5H3. The first-order valence-corrected chi connectivity index (χ1v) is 14.5. The van der Waals surface area contributed by atoms with Gasteiger partial charge in [-0.05, 0) is 76.4 Å². The Morgan fingerprint density at radius 1 is 0.921 bits per heavy atom. The predicted molar refractivity (Wildman–Crippen MR) is 157 cm³/mol. The number of carbonyl (C=O) groups is 2. The van der Waals surface area contributed by atoms with Crippen molar-refractivity contribution in [1.82, 2.24) is 4.90 Å². The number of ketones is 2. The van der Waals surface area contributed by atoms with Gasteiger partial charge in [-0.2, -0.15) is 0 Å². The van der Waals surface area contributed by atoms with Crippen LogP contribution < -0.4 is 4.74 Å². The number of allylic oxidation sites excluding steroid dienone is 4. The topological polar surface area (TPSA) is 66.8 Å². The van der Waals surface area contributed by atoms with Crippen molar-refractivity contribution in [3.63, 3.8) is 0 Å². The molecular formula is C32H36INO4. The molecular weight excluding hydrogens is 589 g/mol. The quantitative estimate of drug-likeness (QED) is 0.354. The van der Waals surface area contributed by atoms with Crippen molar-refractivity contribution in [2.45, 2.75) is 72.8 Å². The molecule has 3 aliphatic rings. The van der Waals surface area contributed by atoms with Gasteiger partial charge in [0.1, 0.15) is 0 Å². The highest BCUT2D eigenvalue weighted by atomic mass is 127. The summed E-state index contributed by atoms with van der Waals surface area (Å²) in [4.78, 5) is 30.3. The molecule has 38 heavy (non-hydrogen) atoms. The second-order valence-electron chi connectivity index (χ2n) is 12.4. The van der Waals surface area contributed by atoms with Crippen LogP contribution in [0.15, 0.2) is 65.0 Å². The average Bonchev–Trinajstić information content (AvgIpc) is 2.82. The lowest BCUT2D eigenvalue weighted by Crippen LogP contribution is -2.44. The summed E-state index contributed by atoms with van der Waals surface area (Å²) in [6, 6.07) is 14.0. The molecule has 1 aliphatic heterocycles. The van der Waals surface area contributed by atoms with E-state index in [0.717, 1.165) is 46.5 Å². The number of phenolic OH excluding ortho intramolecular Hbond substituents is 1. The zero-order chi connectivity index (χ0) is 27.4. The van der Waals surface area contributed by atoms with Crippen LogP contribution in [0.2, 0.25) is 0 Å². The van der Waals surface area contributed by atoms with Crippen molar-refractivity contribution in [1.29, 1.82) is 0 Å². The third-order valence-electron chi connectivity index (χ3n) is 7.89. The van der Waals surface area contributed by atoms with Gasteiger partial charge in [0.2, 0.25) is 0 Å². The Bertz CT molecular complexity index is 1320. The van der Waals surface area contributed by atoms with Crippen LogP contribution in [0, 0.1) is 14.4 Å². The average molecular weight is 626 g/mol. The molecule has 0 spiro atoms. The predicted octanol–water partition coefficient (Wildman–Crippen LogP) is 7.28. The Morgan fingerprint density at radius 3 is 2.00 bits per heavy atom. The number of hydrogen-bond acceptors (Lipinski definition) is 5. The van der Waals surface area contributed by atoms with Crippen LogP contribution in [0.1, 0.15) is 77.3 Å². The number of aromatic hydroxyl groups is 1. The largest absolute Gasteiger partial charge is 0.504 e. The monoisotopic (exact) mass is 625 g/mol. The molecule has 1 N–H and O–H groups in total. The highest BCUT2D eigenvalue weighted by Crippen LogP contribution is 2.55. The van der Waals surface area contributed by atoms with Crippen molar-refractivity contribution in [3.8, 4) is 11.5 Å². The van der Waals surface area contributed by atoms with E-state index in [9.17, 15) is 14.7 Å². The summed E-state index contributed by atoms with van der Waals surface area (Å²) in [7, 11) is 0. The van der Waals surface area contributed by atoms with E-state index in [1.165, 1.54) is 0 Å². The summed E-state index contributed by atoms with van der Waals surface area (Å²) < 4.78 is 6.42. The summed E-state index contributed by atoms with van der Waals surface area (Å²) >= 11 is 2.11. The van der Waals surface area contributed by atoms with Crippen LogP contribution in [0.3, 0.4) is 0 Å². The number of hydrogen-bond donors (Lipinski definition) is 1. The number of nitrogens with zero attached hydrogens (tertiary/aromatic N) is 1. The summed E-state index contributed by atoms with van der Waals surface area (Å²) in [6.07, 6.45) is 2.40. The van der Waals surface area contributed by atoms with Crippen molar-refractivity contribution in [2.75, 3.05) is 6.61 Å². The Labute approximate surface area is 239 Å². The molecule has 0 unspecified atom stereocenters. The van der Waals surface area contributed by atoms with Crippen molar-refractivity contribution in [3.05, 3.63) is 79.7 Å². The maximum Gasteiger partial charge on any atom is 0.171 e. The molecule has 0 bridgehead atoms. The van der Waals surface area contributed by atoms with Crippen molar-refractivity contribution in [2.24, 2.45) is 10.8 Å². The Morgan fingerprint density at radius 2 is 1.47 bits per heavy atom. The first kappa shape index (κ1) is 27.0. The van der Waals surface area contributed by atoms with Gasteiger partial charge in [-0.3, -0.25) is 9.59 Å². The first-order valence-electron chi connectivity index (χ1n) is 13.4. The molecule has 2 aliphatic carbocycles. The molecule has 5 rings (SSSR count). The fraction of sp³-hybridized carbons (Fsp3) is 0.438. The Hall–Kier alpha value is -2.61. The molecule has 2 aromatic carbocycles. The summed E-state index contributed by atoms with van der Waals surface area (Å²) in [5.74, 6) is 0.215. The van der Waals surface area contributed by atoms with Crippen LogP contribution >= 0.6 is 22.6 Å². The molecule has 5 nitrogen and oxygen atoms in total. The van der Waals surface area contributed by atoms with E-state index in [0.29, 0.717) is 35.3 Å². The molecule has 0 atom stereocenters. The molecule has 0 amide bonds. The van der Waals surface area contributed by atoms with Crippen molar-refractivity contribution >= 4 is 34.2 Å². The van der Waals surface area contributed by atoms with Gasteiger partial charge in [0, 0.05) is 47.8 Å². The molecule has 2 aromatic rings. The molecule has 6 heteroatoms. The van der Waals surface area contributed by atoms with Gasteiger partial charge >= 0.3 is 0 Å². The van der Waals surface area contributed by atoms with Gasteiger partial charge in [0.05, 0.1) is 10.2 Å². The van der Waals surface area contributed by atoms with E-state index >= 15 is 0 Å². The van der Waals surface area contributed by atoms with E-state index in [1.807, 2.05) is 37.3 Å². The SMILES string of the molecule is CCOc1cc(C2C3=C(CC(C)(C)CC3=O)N(Cc3ccccc3)C3=C2C(=O)CC(C)(C)C3)cc(I)c1O. The fourth-order valence-corrected chi connectivity index (χ4v) is 6.99. The Balaban J connectivity index is 1.78. The number of Topliss-reactive ketones (excluding diaryl/α,β-unsaturated/α-hetero) is 2. The maximum atomic E-state index is 14.0. The summed E-state index contributed by atoms with van der Waals surface area (Å²) in [6.45, 7) is 11.5. The van der Waals surface area contributed by atoms with Crippen LogP contribution in [0.25, 0.3) is 0 Å². The number of halogens is 1. The third-order valence-corrected chi connectivity index (χ3v) is 8.71. The second kappa shape index (κ2) is 9.85. The van der Waals surface area contributed by atoms with E-state index in [4.69, 9.17) is 4.74 Å². The lowest BCUT2D eigenvalue weighted by Gasteiger charge is -2.49. The van der Waals surface area contributed by atoms with E-state index in [2.05, 4.69) is 67.3 Å². The second-order valence-corrected chi connectivity index (χ2v) is 13.6. The zero-order valence-corrected chi connectivity index (χ0v) is 25.0. The van der Waals surface area contributed by atoms with Crippen LogP contribution in [0.5, 0.6) is 11.5 Å². The minimum absolute atomic E-state index is 0.0910. The summed E-state index contributed by atoms with van der Waals surface area (Å²) in [5, 5.41) is 10.7. The molecule has 1 heterocycles. The zero-order valence-electron chi connectivity index (χ0n) is 22.9. The molecule has 0 radical (unpaired) electrons. The molecule has 0 aromatic heterocycles. The minimum Gasteiger partial charge on any atom is -0.504 e. The minimum atomic E-state index is -0.465. The van der Waals surface area contributed by atoms with Gasteiger partial charge in [0.25, 0.3) is 0 Å². The van der Waals surface area contributed by atoms with Gasteiger partial charge in [0.15, 0.2) is 23.1 Å². The van der Waals surface area contributed by atoms with Crippen LogP contribution in [-0.2, 0) is 16.1 Å². The number of carbonyl (C=O) groups excluding carboxylic acids is 2. The third kappa shape index (κ3) is 4.92. The lowest BCUT2D eigenvalue weighted by molar-refractivity contribution is -0.119. The Kier molecular flexibility index (Phi) is 6.99. The first-order chi connectivity index (χ1) is 17.9. The number of phenols is 1. The van der Waals surface area contributed by atoms with Crippen LogP contribution in [0.4, 0.5) is 0 Å². The molecule has 0 fully saturated rings. The van der Waals surface area contributed by atoms with Gasteiger partial charge in [-0.1, -0.05) is 58.0 Å². The van der Waals surface area contributed by atoms with E-state index < -0.39 is 5.92 Å². The fourth-order valence-electron chi connectivity index (χ4n) is 6.36. The maximum absolute atomic E-state index is 14.0. The van der Waals surface area contributed by atoms with E-state index in [1.54, 1.807) is 0 Å². The lowest BCUT2D eigenvalue weighted by atomic mass is 9.63. The molecule has 0 saturated heterocycles. The smallest absolute Gasteiger partial charge is 0.171 e. The molecule has 0 saturated carbocycles. The number of benzene rings is 2. The highest BCUT2D eigenvalue weighted by Gasteiger charge is 2.49. The van der Waals surface area contributed by atoms with Gasteiger partial charge in [-0.25, -0.2) is 0 Å². The van der Waals surface area contributed by atoms with Gasteiger partial charge < -0.3 is 14.7 Å². The summed E-state index contributed by atoms with van der Waals surface area (Å²) in [5.41, 5.74) is 5.15. The number of rotatable bonds is 5. The molecule has 200 valence electrons. The van der Waals surface area contributed by atoms with Gasteiger partial charge in [-0.15, -0.1) is 0 Å². The van der Waals surface area contributed by atoms with Crippen LogP contribution in [-0.4, -0.2) is 28.2 Å². The van der Waals surface area contributed by atoms with E-state index in [-0.39, 0.29) is 28.1 Å². The highest BCUT2D eigenvalue weighted by molar-refractivity contribution is 14.1. The number of ether oxygens (including phenoxy) is 1. The normalized spacial score (nSPS) is 20.9. The van der Waals surface area contributed by atoms with Crippen molar-refractivity contribution < 1.29 is 19.4 Å².